The largest absolute Gasteiger partial charge is 0.379 e. The summed E-state index contributed by atoms with van der Waals surface area (Å²) in [6.45, 7) is 6.10. The van der Waals surface area contributed by atoms with E-state index in [2.05, 4.69) is 70.4 Å². The molecule has 0 spiro atoms. The van der Waals surface area contributed by atoms with E-state index in [1.807, 2.05) is 44.6 Å². The number of imidazole rings is 1. The summed E-state index contributed by atoms with van der Waals surface area (Å²) in [5, 5.41) is 11.8. The smallest absolute Gasteiger partial charge is 0.140 e. The van der Waals surface area contributed by atoms with Crippen LogP contribution in [0.3, 0.4) is 0 Å². The number of hydrogen-bond donors (Lipinski definition) is 3. The Kier molecular flexibility index (Phi) is 5.93. The number of pyridine rings is 1. The van der Waals surface area contributed by atoms with Crippen LogP contribution in [0.15, 0.2) is 55.1 Å². The first-order valence-electron chi connectivity index (χ1n) is 13.4. The topological polar surface area (TPSA) is 122 Å². The number of hydrogen-bond acceptors (Lipinski definition) is 9. The van der Waals surface area contributed by atoms with E-state index >= 15 is 0 Å². The number of ether oxygens (including phenoxy) is 1. The van der Waals surface area contributed by atoms with Crippen LogP contribution in [-0.2, 0) is 11.3 Å². The lowest BCUT2D eigenvalue weighted by molar-refractivity contribution is 0.184. The lowest BCUT2D eigenvalue weighted by Gasteiger charge is -2.31. The van der Waals surface area contributed by atoms with Gasteiger partial charge in [0.1, 0.15) is 23.3 Å². The summed E-state index contributed by atoms with van der Waals surface area (Å²) < 4.78 is 7.81. The van der Waals surface area contributed by atoms with Gasteiger partial charge >= 0.3 is 0 Å². The molecule has 2 aliphatic rings. The second-order valence-electron chi connectivity index (χ2n) is 10.3. The van der Waals surface area contributed by atoms with Gasteiger partial charge in [0, 0.05) is 61.2 Å². The summed E-state index contributed by atoms with van der Waals surface area (Å²) in [6, 6.07) is 10.5. The van der Waals surface area contributed by atoms with E-state index in [4.69, 9.17) is 9.84 Å². The average Bonchev–Trinajstić information content (AvgIpc) is 3.70. The molecule has 202 valence electrons. The third-order valence-electron chi connectivity index (χ3n) is 7.39. The molecule has 0 amide bonds. The van der Waals surface area contributed by atoms with Crippen LogP contribution in [0.2, 0.25) is 0 Å². The molecule has 0 bridgehead atoms. The first kappa shape index (κ1) is 24.3. The average molecular weight is 535 g/mol. The highest BCUT2D eigenvalue weighted by Gasteiger charge is 2.30. The van der Waals surface area contributed by atoms with Crippen LogP contribution in [0.25, 0.3) is 22.5 Å². The molecule has 1 aromatic carbocycles. The van der Waals surface area contributed by atoms with Crippen molar-refractivity contribution in [3.8, 4) is 22.5 Å². The molecule has 1 atom stereocenters. The minimum Gasteiger partial charge on any atom is -0.379 e. The summed E-state index contributed by atoms with van der Waals surface area (Å²) in [4.78, 5) is 23.5. The molecule has 1 unspecified atom stereocenters. The number of para-hydroxylation sites is 1. The maximum absolute atomic E-state index is 5.64. The molecule has 11 heteroatoms. The summed E-state index contributed by atoms with van der Waals surface area (Å²) >= 11 is 0. The molecule has 1 fully saturated rings. The lowest BCUT2D eigenvalue weighted by atomic mass is 9.97. The minimum atomic E-state index is 0.293. The quantitative estimate of drug-likeness (QED) is 0.272. The molecule has 0 aliphatic carbocycles. The summed E-state index contributed by atoms with van der Waals surface area (Å²) in [5.41, 5.74) is 8.27. The zero-order valence-corrected chi connectivity index (χ0v) is 22.6. The molecule has 0 radical (unpaired) electrons. The van der Waals surface area contributed by atoms with E-state index in [1.54, 1.807) is 6.20 Å². The van der Waals surface area contributed by atoms with E-state index in [9.17, 15) is 0 Å². The van der Waals surface area contributed by atoms with Crippen molar-refractivity contribution in [1.29, 1.82) is 0 Å². The van der Waals surface area contributed by atoms with Crippen molar-refractivity contribution in [2.45, 2.75) is 32.9 Å². The monoisotopic (exact) mass is 534 g/mol. The van der Waals surface area contributed by atoms with Gasteiger partial charge in [-0.2, -0.15) is 5.10 Å². The van der Waals surface area contributed by atoms with Gasteiger partial charge in [-0.05, 0) is 26.3 Å². The maximum Gasteiger partial charge on any atom is 0.140 e. The van der Waals surface area contributed by atoms with Crippen molar-refractivity contribution in [2.75, 3.05) is 35.8 Å². The van der Waals surface area contributed by atoms with Crippen molar-refractivity contribution in [2.24, 2.45) is 0 Å². The van der Waals surface area contributed by atoms with Crippen molar-refractivity contribution in [1.82, 2.24) is 34.7 Å². The van der Waals surface area contributed by atoms with Gasteiger partial charge in [-0.25, -0.2) is 19.9 Å². The van der Waals surface area contributed by atoms with Gasteiger partial charge in [0.15, 0.2) is 0 Å². The number of H-pyrrole nitrogens is 1. The summed E-state index contributed by atoms with van der Waals surface area (Å²) in [5.74, 6) is 2.80. The Morgan fingerprint density at radius 1 is 0.975 bits per heavy atom. The first-order chi connectivity index (χ1) is 19.5. The van der Waals surface area contributed by atoms with Crippen molar-refractivity contribution in [3.05, 3.63) is 72.3 Å². The van der Waals surface area contributed by atoms with Crippen LogP contribution >= 0.6 is 0 Å². The number of nitrogens with one attached hydrogen (secondary N) is 3. The number of aromatic amines is 1. The summed E-state index contributed by atoms with van der Waals surface area (Å²) in [7, 11) is 2.13. The molecular weight excluding hydrogens is 504 g/mol. The highest BCUT2D eigenvalue weighted by Crippen LogP contribution is 2.45. The Labute approximate surface area is 231 Å². The van der Waals surface area contributed by atoms with E-state index in [0.29, 0.717) is 30.1 Å². The standard InChI is InChI=1S/C29H30N10O/c1-17-11-27(35-18(2)34-17)37-26-12-24(22(13-32-26)29-30-8-9-31-29)36-23-6-4-5-20-21-14-33-39(19-7-10-40-16-19)25(21)15-38(3)28(20)23/h4-6,8-9,11-14,19H,7,10,15-16H2,1-3H3,(H,30,31)(H2,32,34,35,36,37). The molecule has 0 saturated carbocycles. The van der Waals surface area contributed by atoms with Crippen LogP contribution in [0.1, 0.15) is 29.7 Å². The Morgan fingerprint density at radius 3 is 2.70 bits per heavy atom. The third-order valence-corrected chi connectivity index (χ3v) is 7.39. The number of fused-ring (bicyclic) bond motifs is 3. The Balaban J connectivity index is 1.28. The normalized spacial score (nSPS) is 16.1. The summed E-state index contributed by atoms with van der Waals surface area (Å²) in [6.07, 6.45) is 8.36. The molecule has 11 nitrogen and oxygen atoms in total. The maximum atomic E-state index is 5.64. The zero-order chi connectivity index (χ0) is 27.2. The van der Waals surface area contributed by atoms with Crippen molar-refractivity contribution in [3.63, 3.8) is 0 Å². The zero-order valence-electron chi connectivity index (χ0n) is 22.6. The van der Waals surface area contributed by atoms with E-state index < -0.39 is 0 Å². The van der Waals surface area contributed by atoms with Crippen LogP contribution < -0.4 is 15.5 Å². The molecule has 5 aromatic rings. The number of aromatic nitrogens is 7. The highest BCUT2D eigenvalue weighted by atomic mass is 16.5. The molecule has 6 heterocycles. The van der Waals surface area contributed by atoms with E-state index in [-0.39, 0.29) is 0 Å². The van der Waals surface area contributed by atoms with Gasteiger partial charge in [0.2, 0.25) is 0 Å². The fraction of sp³-hybridized carbons (Fsp3) is 0.276. The fourth-order valence-corrected chi connectivity index (χ4v) is 5.66. The molecule has 40 heavy (non-hydrogen) atoms. The molecular formula is C29H30N10O. The second kappa shape index (κ2) is 9.76. The number of rotatable bonds is 6. The van der Waals surface area contributed by atoms with E-state index in [0.717, 1.165) is 59.3 Å². The van der Waals surface area contributed by atoms with Gasteiger partial charge in [-0.15, -0.1) is 0 Å². The van der Waals surface area contributed by atoms with Crippen molar-refractivity contribution < 1.29 is 4.74 Å². The van der Waals surface area contributed by atoms with Crippen LogP contribution in [0, 0.1) is 13.8 Å². The van der Waals surface area contributed by atoms with Gasteiger partial charge in [-0.1, -0.05) is 12.1 Å². The minimum absolute atomic E-state index is 0.293. The molecule has 2 aliphatic heterocycles. The van der Waals surface area contributed by atoms with Gasteiger partial charge < -0.3 is 25.3 Å². The Hall–Kier alpha value is -4.77. The van der Waals surface area contributed by atoms with Gasteiger partial charge in [0.25, 0.3) is 0 Å². The first-order valence-corrected chi connectivity index (χ1v) is 13.4. The number of anilines is 5. The predicted molar refractivity (Wildman–Crippen MR) is 154 cm³/mol. The number of nitrogens with zero attached hydrogens (tertiary/aromatic N) is 7. The molecule has 1 saturated heterocycles. The lowest BCUT2D eigenvalue weighted by Crippen LogP contribution is -2.26. The Morgan fingerprint density at radius 2 is 1.90 bits per heavy atom. The predicted octanol–water partition coefficient (Wildman–Crippen LogP) is 5.14. The molecule has 7 rings (SSSR count). The second-order valence-corrected chi connectivity index (χ2v) is 10.3. The highest BCUT2D eigenvalue weighted by molar-refractivity contribution is 5.93. The SMILES string of the molecule is Cc1cc(Nc2cc(Nc3cccc4c3N(C)Cc3c-4cnn3C3CCOC3)c(-c3ncc[nH]3)cn2)nc(C)n1. The van der Waals surface area contributed by atoms with Crippen LogP contribution in [0.5, 0.6) is 0 Å². The Bertz CT molecular complexity index is 1670. The fourth-order valence-electron chi connectivity index (χ4n) is 5.66. The number of benzene rings is 1. The van der Waals surface area contributed by atoms with Gasteiger partial charge in [0.05, 0.1) is 53.7 Å². The third kappa shape index (κ3) is 4.34. The van der Waals surface area contributed by atoms with Crippen LogP contribution in [0.4, 0.5) is 28.7 Å². The molecule has 4 aromatic heterocycles. The van der Waals surface area contributed by atoms with Crippen LogP contribution in [-0.4, -0.2) is 55.0 Å². The number of aryl methyl sites for hydroxylation is 2. The van der Waals surface area contributed by atoms with Gasteiger partial charge in [-0.3, -0.25) is 4.68 Å². The molecule has 3 N–H and O–H groups in total. The van der Waals surface area contributed by atoms with E-state index in [1.165, 1.54) is 11.3 Å². The van der Waals surface area contributed by atoms with Crippen molar-refractivity contribution >= 4 is 28.7 Å².